The van der Waals surface area contributed by atoms with Crippen LogP contribution in [0.3, 0.4) is 0 Å². The third-order valence-corrected chi connectivity index (χ3v) is 4.17. The average Bonchev–Trinajstić information content (AvgIpc) is 2.61. The molecule has 1 fully saturated rings. The second kappa shape index (κ2) is 7.68. The molecular weight excluding hydrogens is 314 g/mol. The monoisotopic (exact) mass is 333 g/mol. The standard InChI is InChI=1S/C18H20ClNO3/c1-21-15-8-4-5-9-16(15)23-18(17-12-20-10-11-22-17)13-6-2-3-7-14(13)19/h2-9,17-18,20H,10-12H2,1H3. The topological polar surface area (TPSA) is 39.7 Å². The van der Waals surface area contributed by atoms with Gasteiger partial charge in [-0.15, -0.1) is 0 Å². The molecule has 3 rings (SSSR count). The molecule has 1 aliphatic heterocycles. The molecule has 0 aromatic heterocycles. The summed E-state index contributed by atoms with van der Waals surface area (Å²) in [6.45, 7) is 2.21. The minimum Gasteiger partial charge on any atom is -0.493 e. The van der Waals surface area contributed by atoms with Crippen LogP contribution in [0.25, 0.3) is 0 Å². The van der Waals surface area contributed by atoms with Crippen LogP contribution in [0.15, 0.2) is 48.5 Å². The van der Waals surface area contributed by atoms with E-state index >= 15 is 0 Å². The Morgan fingerprint density at radius 2 is 1.87 bits per heavy atom. The van der Waals surface area contributed by atoms with Gasteiger partial charge in [0.2, 0.25) is 0 Å². The highest BCUT2D eigenvalue weighted by Gasteiger charge is 2.30. The Kier molecular flexibility index (Phi) is 5.39. The molecule has 1 N–H and O–H groups in total. The van der Waals surface area contributed by atoms with Gasteiger partial charge in [0.1, 0.15) is 6.10 Å². The van der Waals surface area contributed by atoms with E-state index in [1.165, 1.54) is 0 Å². The summed E-state index contributed by atoms with van der Waals surface area (Å²) in [6.07, 6.45) is -0.429. The molecule has 5 heteroatoms. The van der Waals surface area contributed by atoms with E-state index in [-0.39, 0.29) is 12.2 Å². The normalized spacial score (nSPS) is 19.1. The van der Waals surface area contributed by atoms with Crippen LogP contribution in [0.4, 0.5) is 0 Å². The molecule has 2 unspecified atom stereocenters. The van der Waals surface area contributed by atoms with E-state index in [2.05, 4.69) is 5.32 Å². The summed E-state index contributed by atoms with van der Waals surface area (Å²) in [5.74, 6) is 1.36. The first-order valence-electron chi connectivity index (χ1n) is 7.66. The van der Waals surface area contributed by atoms with Crippen molar-refractivity contribution in [3.8, 4) is 11.5 Å². The van der Waals surface area contributed by atoms with Crippen molar-refractivity contribution in [3.63, 3.8) is 0 Å². The number of nitrogens with one attached hydrogen (secondary N) is 1. The van der Waals surface area contributed by atoms with Gasteiger partial charge in [0.15, 0.2) is 17.6 Å². The maximum Gasteiger partial charge on any atom is 0.162 e. The van der Waals surface area contributed by atoms with E-state index in [0.717, 1.165) is 12.1 Å². The molecule has 2 atom stereocenters. The largest absolute Gasteiger partial charge is 0.493 e. The summed E-state index contributed by atoms with van der Waals surface area (Å²) in [5, 5.41) is 4.01. The lowest BCUT2D eigenvalue weighted by Gasteiger charge is -2.32. The van der Waals surface area contributed by atoms with Crippen LogP contribution in [0.5, 0.6) is 11.5 Å². The molecule has 1 heterocycles. The smallest absolute Gasteiger partial charge is 0.162 e. The number of para-hydroxylation sites is 2. The van der Waals surface area contributed by atoms with Crippen molar-refractivity contribution in [2.45, 2.75) is 12.2 Å². The number of morpholine rings is 1. The van der Waals surface area contributed by atoms with Crippen molar-refractivity contribution in [2.24, 2.45) is 0 Å². The highest BCUT2D eigenvalue weighted by atomic mass is 35.5. The van der Waals surface area contributed by atoms with Gasteiger partial charge in [0.25, 0.3) is 0 Å². The zero-order valence-corrected chi connectivity index (χ0v) is 13.8. The molecule has 1 saturated heterocycles. The van der Waals surface area contributed by atoms with E-state index in [4.69, 9.17) is 25.8 Å². The summed E-state index contributed by atoms with van der Waals surface area (Å²) in [5.41, 5.74) is 0.911. The minimum absolute atomic E-state index is 0.117. The Balaban J connectivity index is 1.93. The summed E-state index contributed by atoms with van der Waals surface area (Å²) in [6, 6.07) is 15.3. The lowest BCUT2D eigenvalue weighted by atomic mass is 10.0. The zero-order chi connectivity index (χ0) is 16.1. The number of methoxy groups -OCH3 is 1. The third kappa shape index (κ3) is 3.78. The maximum atomic E-state index is 6.39. The number of hydrogen-bond acceptors (Lipinski definition) is 4. The van der Waals surface area contributed by atoms with Gasteiger partial charge in [-0.2, -0.15) is 0 Å². The van der Waals surface area contributed by atoms with Gasteiger partial charge < -0.3 is 19.5 Å². The fourth-order valence-electron chi connectivity index (χ4n) is 2.68. The van der Waals surface area contributed by atoms with Gasteiger partial charge in [-0.3, -0.25) is 0 Å². The highest BCUT2D eigenvalue weighted by molar-refractivity contribution is 6.31. The number of ether oxygens (including phenoxy) is 3. The quantitative estimate of drug-likeness (QED) is 0.909. The van der Waals surface area contributed by atoms with E-state index in [1.54, 1.807) is 7.11 Å². The van der Waals surface area contributed by atoms with Gasteiger partial charge in [0.05, 0.1) is 13.7 Å². The SMILES string of the molecule is COc1ccccc1OC(c1ccccc1Cl)C1CNCCO1. The fourth-order valence-corrected chi connectivity index (χ4v) is 2.92. The predicted molar refractivity (Wildman–Crippen MR) is 90.4 cm³/mol. The van der Waals surface area contributed by atoms with Crippen LogP contribution in [0.1, 0.15) is 11.7 Å². The summed E-state index contributed by atoms with van der Waals surface area (Å²) in [7, 11) is 1.63. The highest BCUT2D eigenvalue weighted by Crippen LogP contribution is 2.35. The molecule has 0 bridgehead atoms. The minimum atomic E-state index is -0.312. The van der Waals surface area contributed by atoms with Crippen molar-refractivity contribution in [1.82, 2.24) is 5.32 Å². The van der Waals surface area contributed by atoms with Gasteiger partial charge in [0, 0.05) is 23.7 Å². The first-order valence-corrected chi connectivity index (χ1v) is 8.04. The Bertz CT molecular complexity index is 644. The van der Waals surface area contributed by atoms with E-state index in [0.29, 0.717) is 29.7 Å². The van der Waals surface area contributed by atoms with Crippen LogP contribution < -0.4 is 14.8 Å². The Morgan fingerprint density at radius 1 is 1.13 bits per heavy atom. The average molecular weight is 334 g/mol. The molecule has 0 radical (unpaired) electrons. The van der Waals surface area contributed by atoms with Crippen LogP contribution in [-0.4, -0.2) is 32.9 Å². The first kappa shape index (κ1) is 16.1. The Morgan fingerprint density at radius 3 is 2.57 bits per heavy atom. The molecule has 2 aromatic rings. The van der Waals surface area contributed by atoms with Crippen LogP contribution in [-0.2, 0) is 4.74 Å². The molecule has 23 heavy (non-hydrogen) atoms. The molecule has 4 nitrogen and oxygen atoms in total. The fraction of sp³-hybridized carbons (Fsp3) is 0.333. The van der Waals surface area contributed by atoms with Crippen molar-refractivity contribution >= 4 is 11.6 Å². The number of rotatable bonds is 5. The zero-order valence-electron chi connectivity index (χ0n) is 13.0. The molecule has 122 valence electrons. The molecule has 1 aliphatic rings. The number of hydrogen-bond donors (Lipinski definition) is 1. The van der Waals surface area contributed by atoms with E-state index < -0.39 is 0 Å². The third-order valence-electron chi connectivity index (χ3n) is 3.83. The van der Waals surface area contributed by atoms with Gasteiger partial charge in [-0.25, -0.2) is 0 Å². The van der Waals surface area contributed by atoms with Crippen LogP contribution in [0.2, 0.25) is 5.02 Å². The van der Waals surface area contributed by atoms with E-state index in [9.17, 15) is 0 Å². The van der Waals surface area contributed by atoms with Crippen molar-refractivity contribution in [3.05, 3.63) is 59.1 Å². The lowest BCUT2D eigenvalue weighted by molar-refractivity contribution is -0.0438. The van der Waals surface area contributed by atoms with Crippen molar-refractivity contribution in [1.29, 1.82) is 0 Å². The lowest BCUT2D eigenvalue weighted by Crippen LogP contribution is -2.43. The Labute approximate surface area is 141 Å². The van der Waals surface area contributed by atoms with Gasteiger partial charge >= 0.3 is 0 Å². The number of benzene rings is 2. The first-order chi connectivity index (χ1) is 11.3. The van der Waals surface area contributed by atoms with Crippen molar-refractivity contribution < 1.29 is 14.2 Å². The molecule has 0 amide bonds. The van der Waals surface area contributed by atoms with E-state index in [1.807, 2.05) is 48.5 Å². The second-order valence-electron chi connectivity index (χ2n) is 5.32. The molecular formula is C18H20ClNO3. The summed E-state index contributed by atoms with van der Waals surface area (Å²) < 4.78 is 17.6. The van der Waals surface area contributed by atoms with Crippen LogP contribution in [0, 0.1) is 0 Å². The van der Waals surface area contributed by atoms with Gasteiger partial charge in [-0.05, 0) is 18.2 Å². The Hall–Kier alpha value is -1.75. The molecule has 0 saturated carbocycles. The maximum absolute atomic E-state index is 6.39. The molecule has 0 spiro atoms. The summed E-state index contributed by atoms with van der Waals surface area (Å²) >= 11 is 6.39. The van der Waals surface area contributed by atoms with Crippen LogP contribution >= 0.6 is 11.6 Å². The number of halogens is 1. The summed E-state index contributed by atoms with van der Waals surface area (Å²) in [4.78, 5) is 0. The van der Waals surface area contributed by atoms with Gasteiger partial charge in [-0.1, -0.05) is 41.9 Å². The molecule has 0 aliphatic carbocycles. The molecule has 2 aromatic carbocycles. The van der Waals surface area contributed by atoms with Crippen molar-refractivity contribution in [2.75, 3.05) is 26.8 Å². The predicted octanol–water partition coefficient (Wildman–Crippen LogP) is 3.46. The second-order valence-corrected chi connectivity index (χ2v) is 5.73.